The van der Waals surface area contributed by atoms with E-state index in [1.165, 1.54) is 0 Å². The normalized spacial score (nSPS) is 24.0. The topological polar surface area (TPSA) is 75.6 Å². The molecule has 0 aromatic carbocycles. The van der Waals surface area contributed by atoms with Gasteiger partial charge in [-0.15, -0.1) is 0 Å². The molecule has 134 valence electrons. The first-order valence-corrected chi connectivity index (χ1v) is 8.99. The number of nitrogens with zero attached hydrogens (tertiary/aromatic N) is 4. The third kappa shape index (κ3) is 3.46. The summed E-state index contributed by atoms with van der Waals surface area (Å²) in [5.74, 6) is 3.25. The van der Waals surface area contributed by atoms with Crippen LogP contribution >= 0.6 is 0 Å². The molecular weight excluding hydrogens is 320 g/mol. The maximum atomic E-state index is 12.6. The highest BCUT2D eigenvalue weighted by molar-refractivity contribution is 5.83. The lowest BCUT2D eigenvalue weighted by Crippen LogP contribution is -2.48. The van der Waals surface area contributed by atoms with Crippen molar-refractivity contribution < 1.29 is 13.7 Å². The summed E-state index contributed by atoms with van der Waals surface area (Å²) in [5, 5.41) is 4.00. The molecule has 2 unspecified atom stereocenters. The molecule has 0 bridgehead atoms. The average Bonchev–Trinajstić information content (AvgIpc) is 3.00. The number of carbonyl (C=O) groups excluding carboxylic acids is 1. The van der Waals surface area contributed by atoms with Gasteiger partial charge in [0.25, 0.3) is 0 Å². The third-order valence-corrected chi connectivity index (χ3v) is 5.06. The minimum Gasteiger partial charge on any atom is -0.469 e. The average molecular weight is 344 g/mol. The van der Waals surface area contributed by atoms with Gasteiger partial charge in [-0.25, -0.2) is 0 Å². The van der Waals surface area contributed by atoms with Crippen molar-refractivity contribution in [2.24, 2.45) is 5.92 Å². The summed E-state index contributed by atoms with van der Waals surface area (Å²) in [6.45, 7) is 7.93. The Bertz CT molecular complexity index is 717. The van der Waals surface area contributed by atoms with Gasteiger partial charge in [0.2, 0.25) is 11.8 Å². The number of piperazine rings is 1. The molecule has 2 aliphatic rings. The number of rotatable bonds is 5. The van der Waals surface area contributed by atoms with E-state index in [1.54, 1.807) is 6.26 Å². The van der Waals surface area contributed by atoms with Crippen molar-refractivity contribution >= 4 is 5.91 Å². The largest absolute Gasteiger partial charge is 0.469 e. The summed E-state index contributed by atoms with van der Waals surface area (Å²) >= 11 is 0. The Morgan fingerprint density at radius 1 is 1.32 bits per heavy atom. The van der Waals surface area contributed by atoms with Crippen LogP contribution in [-0.4, -0.2) is 52.0 Å². The lowest BCUT2D eigenvalue weighted by molar-refractivity contribution is -0.134. The first kappa shape index (κ1) is 16.3. The van der Waals surface area contributed by atoms with Crippen LogP contribution in [0, 0.1) is 5.92 Å². The van der Waals surface area contributed by atoms with Gasteiger partial charge in [0.1, 0.15) is 5.76 Å². The van der Waals surface area contributed by atoms with Gasteiger partial charge in [0.05, 0.1) is 12.8 Å². The first-order chi connectivity index (χ1) is 12.1. The van der Waals surface area contributed by atoms with Crippen molar-refractivity contribution in [3.8, 4) is 0 Å². The Morgan fingerprint density at radius 2 is 2.12 bits per heavy atom. The highest BCUT2D eigenvalue weighted by Gasteiger charge is 2.47. The van der Waals surface area contributed by atoms with Crippen LogP contribution in [0.25, 0.3) is 0 Å². The Balaban J connectivity index is 1.26. The summed E-state index contributed by atoms with van der Waals surface area (Å²) in [6.07, 6.45) is 2.59. The smallest absolute Gasteiger partial charge is 0.240 e. The number of hydrogen-bond acceptors (Lipinski definition) is 6. The molecule has 2 fully saturated rings. The number of carbonyl (C=O) groups is 1. The molecule has 7 nitrogen and oxygen atoms in total. The summed E-state index contributed by atoms with van der Waals surface area (Å²) in [4.78, 5) is 21.3. The maximum Gasteiger partial charge on any atom is 0.240 e. The van der Waals surface area contributed by atoms with E-state index in [9.17, 15) is 4.79 Å². The summed E-state index contributed by atoms with van der Waals surface area (Å²) in [7, 11) is 0. The van der Waals surface area contributed by atoms with Crippen LogP contribution in [-0.2, 0) is 11.3 Å². The van der Waals surface area contributed by atoms with Gasteiger partial charge in [-0.1, -0.05) is 19.0 Å². The van der Waals surface area contributed by atoms with Crippen LogP contribution in [0.3, 0.4) is 0 Å². The molecule has 1 aliphatic heterocycles. The standard InChI is InChI=1S/C18H24N4O3/c1-12(2)17-19-16(25-20-17)11-21-5-7-22(8-6-21)18(23)14-10-13(14)15-4-3-9-24-15/h3-4,9,12-14H,5-8,10-11H2,1-2H3. The van der Waals surface area contributed by atoms with Crippen molar-refractivity contribution in [1.29, 1.82) is 0 Å². The minimum atomic E-state index is 0.0993. The molecule has 1 amide bonds. The second kappa shape index (κ2) is 6.63. The zero-order valence-electron chi connectivity index (χ0n) is 14.7. The molecule has 1 aliphatic carbocycles. The minimum absolute atomic E-state index is 0.0993. The second-order valence-corrected chi connectivity index (χ2v) is 7.27. The second-order valence-electron chi connectivity index (χ2n) is 7.27. The first-order valence-electron chi connectivity index (χ1n) is 8.99. The van der Waals surface area contributed by atoms with Gasteiger partial charge in [-0.3, -0.25) is 9.69 Å². The molecular formula is C18H24N4O3. The molecule has 7 heteroatoms. The SMILES string of the molecule is CC(C)c1noc(CN2CCN(C(=O)C3CC3c3ccco3)CC2)n1. The van der Waals surface area contributed by atoms with Crippen molar-refractivity contribution in [3.05, 3.63) is 35.9 Å². The van der Waals surface area contributed by atoms with E-state index < -0.39 is 0 Å². The van der Waals surface area contributed by atoms with E-state index in [0.717, 1.165) is 44.2 Å². The molecule has 0 radical (unpaired) electrons. The number of hydrogen-bond donors (Lipinski definition) is 0. The van der Waals surface area contributed by atoms with E-state index >= 15 is 0 Å². The van der Waals surface area contributed by atoms with Crippen molar-refractivity contribution in [2.45, 2.75) is 38.6 Å². The Morgan fingerprint density at radius 3 is 2.76 bits per heavy atom. The van der Waals surface area contributed by atoms with E-state index in [0.29, 0.717) is 12.4 Å². The van der Waals surface area contributed by atoms with Gasteiger partial charge < -0.3 is 13.8 Å². The van der Waals surface area contributed by atoms with Crippen molar-refractivity contribution in [2.75, 3.05) is 26.2 Å². The summed E-state index contributed by atoms with van der Waals surface area (Å²) in [5.41, 5.74) is 0. The molecule has 4 rings (SSSR count). The molecule has 3 heterocycles. The molecule has 2 aromatic heterocycles. The highest BCUT2D eigenvalue weighted by Crippen LogP contribution is 2.48. The fourth-order valence-corrected chi connectivity index (χ4v) is 3.40. The molecule has 1 saturated carbocycles. The number of furan rings is 1. The van der Waals surface area contributed by atoms with Gasteiger partial charge in [-0.05, 0) is 18.6 Å². The van der Waals surface area contributed by atoms with Gasteiger partial charge in [-0.2, -0.15) is 4.98 Å². The predicted octanol–water partition coefficient (Wildman–Crippen LogP) is 2.23. The van der Waals surface area contributed by atoms with Crippen molar-refractivity contribution in [3.63, 3.8) is 0 Å². The van der Waals surface area contributed by atoms with Gasteiger partial charge >= 0.3 is 0 Å². The summed E-state index contributed by atoms with van der Waals surface area (Å²) in [6, 6.07) is 3.85. The zero-order chi connectivity index (χ0) is 17.4. The maximum absolute atomic E-state index is 12.6. The van der Waals surface area contributed by atoms with Crippen LogP contribution in [0.2, 0.25) is 0 Å². The Hall–Kier alpha value is -2.15. The van der Waals surface area contributed by atoms with E-state index in [1.807, 2.05) is 30.9 Å². The fourth-order valence-electron chi connectivity index (χ4n) is 3.40. The lowest BCUT2D eigenvalue weighted by atomic mass is 10.2. The molecule has 0 N–H and O–H groups in total. The Labute approximate surface area is 147 Å². The number of aromatic nitrogens is 2. The van der Waals surface area contributed by atoms with Crippen LogP contribution in [0.1, 0.15) is 49.6 Å². The van der Waals surface area contributed by atoms with Crippen molar-refractivity contribution in [1.82, 2.24) is 19.9 Å². The third-order valence-electron chi connectivity index (χ3n) is 5.06. The molecule has 1 saturated heterocycles. The van der Waals surface area contributed by atoms with Crippen LogP contribution in [0.4, 0.5) is 0 Å². The molecule has 2 atom stereocenters. The van der Waals surface area contributed by atoms with Crippen LogP contribution in [0.5, 0.6) is 0 Å². The van der Waals surface area contributed by atoms with Gasteiger partial charge in [0, 0.05) is 43.9 Å². The van der Waals surface area contributed by atoms with E-state index in [2.05, 4.69) is 15.0 Å². The van der Waals surface area contributed by atoms with Crippen LogP contribution < -0.4 is 0 Å². The predicted molar refractivity (Wildman–Crippen MR) is 89.8 cm³/mol. The lowest BCUT2D eigenvalue weighted by Gasteiger charge is -2.34. The molecule has 25 heavy (non-hydrogen) atoms. The molecule has 2 aromatic rings. The van der Waals surface area contributed by atoms with E-state index in [4.69, 9.17) is 8.94 Å². The monoisotopic (exact) mass is 344 g/mol. The fraction of sp³-hybridized carbons (Fsp3) is 0.611. The van der Waals surface area contributed by atoms with Crippen LogP contribution in [0.15, 0.2) is 27.3 Å². The molecule has 0 spiro atoms. The number of amides is 1. The zero-order valence-corrected chi connectivity index (χ0v) is 14.7. The van der Waals surface area contributed by atoms with Gasteiger partial charge in [0.15, 0.2) is 5.82 Å². The summed E-state index contributed by atoms with van der Waals surface area (Å²) < 4.78 is 10.7. The highest BCUT2D eigenvalue weighted by atomic mass is 16.5. The Kier molecular flexibility index (Phi) is 4.33. The quantitative estimate of drug-likeness (QED) is 0.828. The van der Waals surface area contributed by atoms with E-state index in [-0.39, 0.29) is 23.7 Å².